The molecule has 1 aliphatic heterocycles. The molecule has 0 unspecified atom stereocenters. The van der Waals surface area contributed by atoms with Gasteiger partial charge < -0.3 is 14.3 Å². The molecule has 1 aromatic carbocycles. The van der Waals surface area contributed by atoms with Gasteiger partial charge in [-0.05, 0) is 24.7 Å². The van der Waals surface area contributed by atoms with Crippen LogP contribution in [-0.4, -0.2) is 16.2 Å². The molecule has 0 radical (unpaired) electrons. The zero-order valence-corrected chi connectivity index (χ0v) is 12.5. The van der Waals surface area contributed by atoms with Gasteiger partial charge in [0.15, 0.2) is 16.3 Å². The predicted octanol–water partition coefficient (Wildman–Crippen LogP) is 3.95. The Hall–Kier alpha value is -1.69. The molecule has 1 atom stereocenters. The average molecular weight is 310 g/mol. The summed E-state index contributed by atoms with van der Waals surface area (Å²) >= 11 is 5.32. The summed E-state index contributed by atoms with van der Waals surface area (Å²) in [6, 6.07) is 2.14. The van der Waals surface area contributed by atoms with Gasteiger partial charge in [-0.1, -0.05) is 13.3 Å². The van der Waals surface area contributed by atoms with Crippen molar-refractivity contribution >= 4 is 12.2 Å². The lowest BCUT2D eigenvalue weighted by molar-refractivity contribution is 0.210. The van der Waals surface area contributed by atoms with Crippen molar-refractivity contribution in [3.05, 3.63) is 46.0 Å². The van der Waals surface area contributed by atoms with Crippen LogP contribution in [0.25, 0.3) is 0 Å². The van der Waals surface area contributed by atoms with E-state index in [-0.39, 0.29) is 11.8 Å². The Kier molecular flexibility index (Phi) is 3.80. The van der Waals surface area contributed by atoms with E-state index in [2.05, 4.69) is 11.9 Å². The lowest BCUT2D eigenvalue weighted by Crippen LogP contribution is -2.26. The number of rotatable bonds is 3. The minimum absolute atomic E-state index is 0.0426. The summed E-state index contributed by atoms with van der Waals surface area (Å²) in [6.45, 7) is 2.43. The van der Waals surface area contributed by atoms with Crippen molar-refractivity contribution in [3.8, 4) is 5.75 Å². The number of nitrogens with one attached hydrogen (secondary N) is 1. The highest BCUT2D eigenvalue weighted by atomic mass is 32.1. The fourth-order valence-electron chi connectivity index (χ4n) is 2.85. The van der Waals surface area contributed by atoms with E-state index in [0.717, 1.165) is 24.6 Å². The molecule has 21 heavy (non-hydrogen) atoms. The molecule has 1 aliphatic rings. The summed E-state index contributed by atoms with van der Waals surface area (Å²) in [5, 5.41) is 0. The van der Waals surface area contributed by atoms with Crippen molar-refractivity contribution < 1.29 is 13.5 Å². The molecule has 0 amide bonds. The van der Waals surface area contributed by atoms with Gasteiger partial charge in [-0.2, -0.15) is 0 Å². The van der Waals surface area contributed by atoms with Gasteiger partial charge in [0.2, 0.25) is 0 Å². The SMILES string of the molecule is CCCc1c[nH]c(=S)n1[C@H]1COc2c(F)cc(F)cc2C1. The quantitative estimate of drug-likeness (QED) is 0.870. The first-order chi connectivity index (χ1) is 10.1. The summed E-state index contributed by atoms with van der Waals surface area (Å²) < 4.78 is 35.2. The number of halogens is 2. The normalized spacial score (nSPS) is 17.4. The summed E-state index contributed by atoms with van der Waals surface area (Å²) in [4.78, 5) is 3.04. The van der Waals surface area contributed by atoms with Crippen LogP contribution < -0.4 is 4.74 Å². The van der Waals surface area contributed by atoms with Crippen molar-refractivity contribution in [1.82, 2.24) is 9.55 Å². The molecular formula is C15H16F2N2OS. The second-order valence-corrected chi connectivity index (χ2v) is 5.64. The number of nitrogens with zero attached hydrogens (tertiary/aromatic N) is 1. The number of H-pyrrole nitrogens is 1. The van der Waals surface area contributed by atoms with Crippen molar-refractivity contribution in [1.29, 1.82) is 0 Å². The lowest BCUT2D eigenvalue weighted by Gasteiger charge is -2.28. The predicted molar refractivity (Wildman–Crippen MR) is 78.2 cm³/mol. The van der Waals surface area contributed by atoms with E-state index >= 15 is 0 Å². The Labute approximate surface area is 126 Å². The lowest BCUT2D eigenvalue weighted by atomic mass is 10.0. The Morgan fingerprint density at radius 2 is 2.24 bits per heavy atom. The summed E-state index contributed by atoms with van der Waals surface area (Å²) in [6.07, 6.45) is 4.30. The largest absolute Gasteiger partial charge is 0.488 e. The first kappa shape index (κ1) is 14.3. The van der Waals surface area contributed by atoms with Gasteiger partial charge in [0.1, 0.15) is 12.4 Å². The van der Waals surface area contributed by atoms with Crippen molar-refractivity contribution in [2.75, 3.05) is 6.61 Å². The zero-order valence-electron chi connectivity index (χ0n) is 11.7. The summed E-state index contributed by atoms with van der Waals surface area (Å²) in [7, 11) is 0. The Morgan fingerprint density at radius 1 is 1.43 bits per heavy atom. The molecule has 112 valence electrons. The van der Waals surface area contributed by atoms with Crippen LogP contribution in [0.3, 0.4) is 0 Å². The molecule has 0 fully saturated rings. The molecule has 0 saturated carbocycles. The van der Waals surface area contributed by atoms with Crippen LogP contribution in [0.4, 0.5) is 8.78 Å². The first-order valence-corrected chi connectivity index (χ1v) is 7.40. The third kappa shape index (κ3) is 2.60. The molecule has 3 rings (SSSR count). The van der Waals surface area contributed by atoms with Gasteiger partial charge in [-0.25, -0.2) is 8.78 Å². The summed E-state index contributed by atoms with van der Waals surface area (Å²) in [5.41, 5.74) is 1.64. The number of hydrogen-bond donors (Lipinski definition) is 1. The zero-order chi connectivity index (χ0) is 15.0. The smallest absolute Gasteiger partial charge is 0.177 e. The van der Waals surface area contributed by atoms with Crippen LogP contribution in [0.15, 0.2) is 18.3 Å². The van der Waals surface area contributed by atoms with E-state index in [1.807, 2.05) is 10.8 Å². The molecule has 0 aliphatic carbocycles. The molecule has 3 nitrogen and oxygen atoms in total. The van der Waals surface area contributed by atoms with E-state index in [0.29, 0.717) is 23.4 Å². The van der Waals surface area contributed by atoms with Crippen molar-refractivity contribution in [3.63, 3.8) is 0 Å². The number of aryl methyl sites for hydroxylation is 1. The van der Waals surface area contributed by atoms with Gasteiger partial charge >= 0.3 is 0 Å². The van der Waals surface area contributed by atoms with Gasteiger partial charge in [0.25, 0.3) is 0 Å². The minimum Gasteiger partial charge on any atom is -0.488 e. The number of imidazole rings is 1. The molecule has 0 bridgehead atoms. The Morgan fingerprint density at radius 3 is 3.00 bits per heavy atom. The Bertz CT molecular complexity index is 723. The fraction of sp³-hybridized carbons (Fsp3) is 0.400. The van der Waals surface area contributed by atoms with Crippen molar-refractivity contribution in [2.45, 2.75) is 32.2 Å². The van der Waals surface area contributed by atoms with E-state index in [9.17, 15) is 8.78 Å². The molecule has 1 aromatic heterocycles. The van der Waals surface area contributed by atoms with E-state index in [1.165, 1.54) is 6.07 Å². The number of fused-ring (bicyclic) bond motifs is 1. The standard InChI is InChI=1S/C15H16F2N2OS/c1-2-3-11-7-18-15(21)19(11)12-5-9-4-10(16)6-13(17)14(9)20-8-12/h4,6-7,12H,2-3,5,8H2,1H3,(H,18,21)/t12-/m1/s1. The molecule has 6 heteroatoms. The molecule has 0 saturated heterocycles. The third-order valence-corrected chi connectivity index (χ3v) is 4.04. The Balaban J connectivity index is 1.97. The highest BCUT2D eigenvalue weighted by Crippen LogP contribution is 2.33. The van der Waals surface area contributed by atoms with Gasteiger partial charge in [-0.3, -0.25) is 0 Å². The fourth-order valence-corrected chi connectivity index (χ4v) is 3.17. The van der Waals surface area contributed by atoms with E-state index in [4.69, 9.17) is 17.0 Å². The minimum atomic E-state index is -0.644. The first-order valence-electron chi connectivity index (χ1n) is 6.99. The third-order valence-electron chi connectivity index (χ3n) is 3.72. The van der Waals surface area contributed by atoms with Crippen molar-refractivity contribution in [2.24, 2.45) is 0 Å². The number of aromatic nitrogens is 2. The van der Waals surface area contributed by atoms with Gasteiger partial charge in [0, 0.05) is 29.9 Å². The number of ether oxygens (including phenoxy) is 1. The summed E-state index contributed by atoms with van der Waals surface area (Å²) in [5.74, 6) is -1.07. The molecule has 2 heterocycles. The average Bonchev–Trinajstić information content (AvgIpc) is 2.79. The molecule has 0 spiro atoms. The van der Waals surface area contributed by atoms with Crippen LogP contribution in [0, 0.1) is 16.4 Å². The second kappa shape index (κ2) is 5.60. The molecule has 1 N–H and O–H groups in total. The number of hydrogen-bond acceptors (Lipinski definition) is 2. The van der Waals surface area contributed by atoms with Gasteiger partial charge in [-0.15, -0.1) is 0 Å². The number of benzene rings is 1. The van der Waals surface area contributed by atoms with Gasteiger partial charge in [0.05, 0.1) is 6.04 Å². The van der Waals surface area contributed by atoms with E-state index < -0.39 is 11.6 Å². The van der Waals surface area contributed by atoms with Crippen LogP contribution in [0.2, 0.25) is 0 Å². The van der Waals surface area contributed by atoms with Crippen LogP contribution in [0.1, 0.15) is 30.6 Å². The monoisotopic (exact) mass is 310 g/mol. The van der Waals surface area contributed by atoms with E-state index in [1.54, 1.807) is 0 Å². The highest BCUT2D eigenvalue weighted by molar-refractivity contribution is 7.71. The second-order valence-electron chi connectivity index (χ2n) is 5.25. The topological polar surface area (TPSA) is 29.9 Å². The maximum atomic E-state index is 13.7. The highest BCUT2D eigenvalue weighted by Gasteiger charge is 2.26. The van der Waals surface area contributed by atoms with Crippen LogP contribution >= 0.6 is 12.2 Å². The number of aromatic amines is 1. The molecular weight excluding hydrogens is 294 g/mol. The van der Waals surface area contributed by atoms with Crippen LogP contribution in [0.5, 0.6) is 5.75 Å². The maximum absolute atomic E-state index is 13.7. The van der Waals surface area contributed by atoms with Crippen LogP contribution in [-0.2, 0) is 12.8 Å². The molecule has 2 aromatic rings. The maximum Gasteiger partial charge on any atom is 0.177 e.